The minimum Gasteiger partial charge on any atom is -0.494 e. The predicted molar refractivity (Wildman–Crippen MR) is 77.3 cm³/mol. The average Bonchev–Trinajstić information content (AvgIpc) is 2.97. The van der Waals surface area contributed by atoms with Crippen LogP contribution in [0.3, 0.4) is 0 Å². The van der Waals surface area contributed by atoms with E-state index in [2.05, 4.69) is 4.98 Å². The SMILES string of the molecule is O=c1[nH]c(=O)n(CC2CCOC2)c(O)c1-c1ccccc1. The molecule has 0 radical (unpaired) electrons. The van der Waals surface area contributed by atoms with E-state index in [1.165, 1.54) is 4.57 Å². The molecule has 0 amide bonds. The molecule has 1 aliphatic rings. The number of benzene rings is 1. The highest BCUT2D eigenvalue weighted by atomic mass is 16.5. The van der Waals surface area contributed by atoms with Crippen LogP contribution in [0.2, 0.25) is 0 Å². The summed E-state index contributed by atoms with van der Waals surface area (Å²) in [6, 6.07) is 8.80. The number of rotatable bonds is 3. The lowest BCUT2D eigenvalue weighted by Crippen LogP contribution is -2.32. The van der Waals surface area contributed by atoms with Crippen molar-refractivity contribution >= 4 is 0 Å². The van der Waals surface area contributed by atoms with Crippen molar-refractivity contribution in [3.8, 4) is 17.0 Å². The van der Waals surface area contributed by atoms with Gasteiger partial charge in [0.15, 0.2) is 0 Å². The van der Waals surface area contributed by atoms with Crippen LogP contribution in [-0.4, -0.2) is 27.9 Å². The summed E-state index contributed by atoms with van der Waals surface area (Å²) in [4.78, 5) is 26.2. The second-order valence-corrected chi connectivity index (χ2v) is 5.16. The summed E-state index contributed by atoms with van der Waals surface area (Å²) in [7, 11) is 0. The Morgan fingerprint density at radius 1 is 1.29 bits per heavy atom. The summed E-state index contributed by atoms with van der Waals surface area (Å²) in [6.45, 7) is 1.56. The van der Waals surface area contributed by atoms with Crippen molar-refractivity contribution in [2.45, 2.75) is 13.0 Å². The Morgan fingerprint density at radius 2 is 2.05 bits per heavy atom. The Morgan fingerprint density at radius 3 is 2.71 bits per heavy atom. The number of aromatic amines is 1. The molecule has 21 heavy (non-hydrogen) atoms. The summed E-state index contributed by atoms with van der Waals surface area (Å²) in [5.74, 6) is -0.120. The van der Waals surface area contributed by atoms with E-state index in [0.29, 0.717) is 25.3 Å². The third-order valence-corrected chi connectivity index (χ3v) is 3.70. The van der Waals surface area contributed by atoms with E-state index in [0.717, 1.165) is 6.42 Å². The molecule has 3 rings (SSSR count). The zero-order valence-electron chi connectivity index (χ0n) is 11.4. The second-order valence-electron chi connectivity index (χ2n) is 5.16. The van der Waals surface area contributed by atoms with E-state index in [1.807, 2.05) is 6.07 Å². The molecular weight excluding hydrogens is 272 g/mol. The second kappa shape index (κ2) is 5.57. The van der Waals surface area contributed by atoms with E-state index < -0.39 is 11.2 Å². The fourth-order valence-corrected chi connectivity index (χ4v) is 2.58. The fourth-order valence-electron chi connectivity index (χ4n) is 2.58. The number of nitrogens with zero attached hydrogens (tertiary/aromatic N) is 1. The summed E-state index contributed by atoms with van der Waals surface area (Å²) >= 11 is 0. The zero-order valence-corrected chi connectivity index (χ0v) is 11.4. The number of H-pyrrole nitrogens is 1. The molecule has 2 N–H and O–H groups in total. The summed E-state index contributed by atoms with van der Waals surface area (Å²) in [6.07, 6.45) is 0.839. The van der Waals surface area contributed by atoms with Crippen LogP contribution in [0.1, 0.15) is 6.42 Å². The van der Waals surface area contributed by atoms with Crippen molar-refractivity contribution in [3.63, 3.8) is 0 Å². The summed E-state index contributed by atoms with van der Waals surface area (Å²) < 4.78 is 6.49. The van der Waals surface area contributed by atoms with E-state index in [4.69, 9.17) is 4.74 Å². The standard InChI is InChI=1S/C15H16N2O4/c18-13-12(11-4-2-1-3-5-11)14(19)17(15(20)16-13)8-10-6-7-21-9-10/h1-5,10,19H,6-9H2,(H,16,18,20). The van der Waals surface area contributed by atoms with Gasteiger partial charge in [-0.15, -0.1) is 0 Å². The molecule has 1 atom stereocenters. The van der Waals surface area contributed by atoms with E-state index >= 15 is 0 Å². The van der Waals surface area contributed by atoms with Gasteiger partial charge in [0.2, 0.25) is 5.88 Å². The van der Waals surface area contributed by atoms with Crippen molar-refractivity contribution in [2.24, 2.45) is 5.92 Å². The first-order valence-electron chi connectivity index (χ1n) is 6.86. The quantitative estimate of drug-likeness (QED) is 0.880. The molecule has 1 saturated heterocycles. The van der Waals surface area contributed by atoms with Gasteiger partial charge in [-0.05, 0) is 12.0 Å². The van der Waals surface area contributed by atoms with Crippen LogP contribution in [0.4, 0.5) is 0 Å². The molecule has 0 saturated carbocycles. The molecule has 1 aromatic carbocycles. The third kappa shape index (κ3) is 2.62. The average molecular weight is 288 g/mol. The summed E-state index contributed by atoms with van der Waals surface area (Å²) in [5, 5.41) is 10.4. The fraction of sp³-hybridized carbons (Fsp3) is 0.333. The molecule has 2 aromatic rings. The zero-order chi connectivity index (χ0) is 14.8. The molecule has 110 valence electrons. The van der Waals surface area contributed by atoms with Gasteiger partial charge in [0, 0.05) is 19.1 Å². The van der Waals surface area contributed by atoms with Gasteiger partial charge >= 0.3 is 5.69 Å². The van der Waals surface area contributed by atoms with Crippen LogP contribution in [0.15, 0.2) is 39.9 Å². The maximum atomic E-state index is 12.0. The van der Waals surface area contributed by atoms with E-state index in [9.17, 15) is 14.7 Å². The molecule has 0 bridgehead atoms. The van der Waals surface area contributed by atoms with Gasteiger partial charge in [-0.2, -0.15) is 0 Å². The van der Waals surface area contributed by atoms with Crippen molar-refractivity contribution in [2.75, 3.05) is 13.2 Å². The Hall–Kier alpha value is -2.34. The highest BCUT2D eigenvalue weighted by Gasteiger charge is 2.21. The van der Waals surface area contributed by atoms with Gasteiger partial charge in [-0.25, -0.2) is 4.79 Å². The largest absolute Gasteiger partial charge is 0.494 e. The highest BCUT2D eigenvalue weighted by Crippen LogP contribution is 2.25. The molecule has 1 unspecified atom stereocenters. The molecule has 0 aliphatic carbocycles. The third-order valence-electron chi connectivity index (χ3n) is 3.70. The van der Waals surface area contributed by atoms with Crippen molar-refractivity contribution in [1.29, 1.82) is 0 Å². The smallest absolute Gasteiger partial charge is 0.331 e. The predicted octanol–water partition coefficient (Wildman–Crippen LogP) is 0.946. The maximum Gasteiger partial charge on any atom is 0.331 e. The molecule has 2 heterocycles. The van der Waals surface area contributed by atoms with Gasteiger partial charge in [0.25, 0.3) is 5.56 Å². The van der Waals surface area contributed by atoms with Crippen LogP contribution in [0.5, 0.6) is 5.88 Å². The molecular formula is C15H16N2O4. The molecule has 0 spiro atoms. The minimum atomic E-state index is -0.593. The first-order chi connectivity index (χ1) is 10.2. The van der Waals surface area contributed by atoms with Crippen molar-refractivity contribution in [1.82, 2.24) is 9.55 Å². The van der Waals surface area contributed by atoms with E-state index in [-0.39, 0.29) is 17.4 Å². The number of aromatic hydroxyl groups is 1. The Labute approximate surface area is 120 Å². The first-order valence-corrected chi connectivity index (χ1v) is 6.86. The van der Waals surface area contributed by atoms with Crippen molar-refractivity contribution < 1.29 is 9.84 Å². The lowest BCUT2D eigenvalue weighted by molar-refractivity contribution is 0.181. The topological polar surface area (TPSA) is 84.3 Å². The van der Waals surface area contributed by atoms with Gasteiger partial charge in [-0.1, -0.05) is 30.3 Å². The van der Waals surface area contributed by atoms with Crippen LogP contribution < -0.4 is 11.2 Å². The van der Waals surface area contributed by atoms with E-state index in [1.54, 1.807) is 24.3 Å². The normalized spacial score (nSPS) is 18.0. The monoisotopic (exact) mass is 288 g/mol. The lowest BCUT2D eigenvalue weighted by atomic mass is 10.1. The number of hydrogen-bond donors (Lipinski definition) is 2. The molecule has 6 nitrogen and oxygen atoms in total. The van der Waals surface area contributed by atoms with Gasteiger partial charge in [-0.3, -0.25) is 14.3 Å². The Kier molecular flexibility index (Phi) is 3.62. The van der Waals surface area contributed by atoms with Gasteiger partial charge in [0.1, 0.15) is 5.56 Å². The Bertz CT molecular complexity index is 743. The number of aromatic nitrogens is 2. The molecule has 1 aliphatic heterocycles. The van der Waals surface area contributed by atoms with Gasteiger partial charge < -0.3 is 9.84 Å². The lowest BCUT2D eigenvalue weighted by Gasteiger charge is -2.14. The van der Waals surface area contributed by atoms with Gasteiger partial charge in [0.05, 0.1) is 6.61 Å². The molecule has 1 aromatic heterocycles. The number of nitrogens with one attached hydrogen (secondary N) is 1. The Balaban J connectivity index is 2.09. The molecule has 6 heteroatoms. The maximum absolute atomic E-state index is 12.0. The van der Waals surface area contributed by atoms with Crippen LogP contribution in [-0.2, 0) is 11.3 Å². The number of ether oxygens (including phenoxy) is 1. The summed E-state index contributed by atoms with van der Waals surface area (Å²) in [5.41, 5.74) is -0.478. The van der Waals surface area contributed by atoms with Crippen LogP contribution in [0.25, 0.3) is 11.1 Å². The van der Waals surface area contributed by atoms with Crippen molar-refractivity contribution in [3.05, 3.63) is 51.2 Å². The molecule has 1 fully saturated rings. The van der Waals surface area contributed by atoms with Crippen LogP contribution >= 0.6 is 0 Å². The minimum absolute atomic E-state index is 0.120. The first kappa shape index (κ1) is 13.6. The number of hydrogen-bond acceptors (Lipinski definition) is 4. The highest BCUT2D eigenvalue weighted by molar-refractivity contribution is 5.67. The van der Waals surface area contributed by atoms with Crippen LogP contribution in [0, 0.1) is 5.92 Å².